The van der Waals surface area contributed by atoms with Crippen molar-refractivity contribution in [2.75, 3.05) is 5.75 Å². The predicted molar refractivity (Wildman–Crippen MR) is 53.6 cm³/mol. The first-order valence-electron chi connectivity index (χ1n) is 3.87. The fraction of sp³-hybridized carbons (Fsp3) is 0.714. The molecule has 0 aliphatic rings. The number of nitrogens with zero attached hydrogens (tertiary/aromatic N) is 2. The van der Waals surface area contributed by atoms with E-state index >= 15 is 0 Å². The molecule has 0 radical (unpaired) electrons. The van der Waals surface area contributed by atoms with Crippen LogP contribution in [0, 0.1) is 6.92 Å². The number of aromatic nitrogens is 2. The summed E-state index contributed by atoms with van der Waals surface area (Å²) in [5, 5.41) is 8.96. The third kappa shape index (κ3) is 3.51. The Labute approximate surface area is 80.8 Å². The van der Waals surface area contributed by atoms with Gasteiger partial charge in [-0.3, -0.25) is 0 Å². The molecule has 68 valence electrons. The number of rotatable bonds is 4. The summed E-state index contributed by atoms with van der Waals surface area (Å²) in [6.45, 7) is 3.99. The molecule has 1 atom stereocenters. The van der Waals surface area contributed by atoms with Crippen LogP contribution in [0.3, 0.4) is 0 Å². The molecule has 1 aromatic heterocycles. The standard InChI is InChI=1S/C7H13N3S2/c1-5(8)3-4-11-7-10-9-6(2)12-7/h5H,3-4,8H2,1-2H3. The zero-order chi connectivity index (χ0) is 8.97. The molecule has 2 N–H and O–H groups in total. The molecule has 1 aromatic rings. The molecule has 0 spiro atoms. The van der Waals surface area contributed by atoms with Crippen LogP contribution in [0.15, 0.2) is 4.34 Å². The summed E-state index contributed by atoms with van der Waals surface area (Å²) < 4.78 is 1.05. The van der Waals surface area contributed by atoms with E-state index in [1.54, 1.807) is 23.1 Å². The van der Waals surface area contributed by atoms with E-state index in [4.69, 9.17) is 5.73 Å². The van der Waals surface area contributed by atoms with Crippen molar-refractivity contribution < 1.29 is 0 Å². The Kier molecular flexibility index (Phi) is 3.97. The highest BCUT2D eigenvalue weighted by Gasteiger charge is 2.01. The first-order chi connectivity index (χ1) is 5.68. The van der Waals surface area contributed by atoms with Crippen LogP contribution in [0.1, 0.15) is 18.4 Å². The molecule has 0 bridgehead atoms. The quantitative estimate of drug-likeness (QED) is 0.756. The monoisotopic (exact) mass is 203 g/mol. The van der Waals surface area contributed by atoms with Crippen molar-refractivity contribution in [2.24, 2.45) is 5.73 Å². The molecule has 5 heteroatoms. The second-order valence-electron chi connectivity index (χ2n) is 2.70. The molecule has 0 amide bonds. The molecule has 0 aliphatic heterocycles. The van der Waals surface area contributed by atoms with E-state index in [0.29, 0.717) is 0 Å². The summed E-state index contributed by atoms with van der Waals surface area (Å²) in [7, 11) is 0. The summed E-state index contributed by atoms with van der Waals surface area (Å²) in [4.78, 5) is 0. The van der Waals surface area contributed by atoms with Crippen molar-refractivity contribution in [3.63, 3.8) is 0 Å². The van der Waals surface area contributed by atoms with Gasteiger partial charge in [-0.1, -0.05) is 23.1 Å². The van der Waals surface area contributed by atoms with Gasteiger partial charge in [0.25, 0.3) is 0 Å². The second kappa shape index (κ2) is 4.79. The minimum Gasteiger partial charge on any atom is -0.328 e. The van der Waals surface area contributed by atoms with E-state index < -0.39 is 0 Å². The van der Waals surface area contributed by atoms with Gasteiger partial charge in [0.05, 0.1) is 0 Å². The van der Waals surface area contributed by atoms with Crippen LogP contribution in [0.2, 0.25) is 0 Å². The summed E-state index contributed by atoms with van der Waals surface area (Å²) in [6, 6.07) is 0.284. The van der Waals surface area contributed by atoms with E-state index in [0.717, 1.165) is 21.5 Å². The van der Waals surface area contributed by atoms with Crippen molar-refractivity contribution in [2.45, 2.75) is 30.6 Å². The Balaban J connectivity index is 2.24. The highest BCUT2D eigenvalue weighted by molar-refractivity contribution is 8.01. The lowest BCUT2D eigenvalue weighted by molar-refractivity contribution is 0.721. The van der Waals surface area contributed by atoms with Gasteiger partial charge in [-0.05, 0) is 20.3 Å². The topological polar surface area (TPSA) is 51.8 Å². The van der Waals surface area contributed by atoms with Crippen LogP contribution in [0.5, 0.6) is 0 Å². The van der Waals surface area contributed by atoms with E-state index in [1.807, 2.05) is 13.8 Å². The number of hydrogen-bond donors (Lipinski definition) is 1. The van der Waals surface area contributed by atoms with Gasteiger partial charge in [0.2, 0.25) is 0 Å². The van der Waals surface area contributed by atoms with Gasteiger partial charge in [0.1, 0.15) is 5.01 Å². The first-order valence-corrected chi connectivity index (χ1v) is 5.67. The smallest absolute Gasteiger partial charge is 0.174 e. The molecule has 1 rings (SSSR count). The van der Waals surface area contributed by atoms with Gasteiger partial charge in [0.15, 0.2) is 4.34 Å². The number of nitrogens with two attached hydrogens (primary N) is 1. The van der Waals surface area contributed by atoms with Crippen LogP contribution in [0.25, 0.3) is 0 Å². The molecule has 0 saturated carbocycles. The molecule has 1 heterocycles. The van der Waals surface area contributed by atoms with Gasteiger partial charge in [0, 0.05) is 11.8 Å². The zero-order valence-electron chi connectivity index (χ0n) is 7.28. The molecule has 3 nitrogen and oxygen atoms in total. The van der Waals surface area contributed by atoms with Crippen molar-refractivity contribution in [3.8, 4) is 0 Å². The normalized spacial score (nSPS) is 13.2. The van der Waals surface area contributed by atoms with Crippen molar-refractivity contribution in [1.82, 2.24) is 10.2 Å². The minimum absolute atomic E-state index is 0.284. The Morgan fingerprint density at radius 1 is 1.58 bits per heavy atom. The van der Waals surface area contributed by atoms with Crippen molar-refractivity contribution >= 4 is 23.1 Å². The second-order valence-corrected chi connectivity index (χ2v) is 5.23. The van der Waals surface area contributed by atoms with Gasteiger partial charge in [-0.25, -0.2) is 0 Å². The van der Waals surface area contributed by atoms with Crippen molar-refractivity contribution in [1.29, 1.82) is 0 Å². The van der Waals surface area contributed by atoms with E-state index in [9.17, 15) is 0 Å². The number of thioether (sulfide) groups is 1. The molecule has 1 unspecified atom stereocenters. The van der Waals surface area contributed by atoms with Crippen LogP contribution >= 0.6 is 23.1 Å². The van der Waals surface area contributed by atoms with Gasteiger partial charge in [-0.2, -0.15) is 0 Å². The van der Waals surface area contributed by atoms with E-state index in [1.165, 1.54) is 0 Å². The first kappa shape index (κ1) is 9.95. The minimum atomic E-state index is 0.284. The fourth-order valence-corrected chi connectivity index (χ4v) is 2.70. The maximum Gasteiger partial charge on any atom is 0.174 e. The largest absolute Gasteiger partial charge is 0.328 e. The zero-order valence-corrected chi connectivity index (χ0v) is 8.91. The lowest BCUT2D eigenvalue weighted by Gasteiger charge is -2.00. The summed E-state index contributed by atoms with van der Waals surface area (Å²) in [5.41, 5.74) is 5.62. The van der Waals surface area contributed by atoms with Gasteiger partial charge >= 0.3 is 0 Å². The number of hydrogen-bond acceptors (Lipinski definition) is 5. The lowest BCUT2D eigenvalue weighted by Crippen LogP contribution is -2.15. The fourth-order valence-electron chi connectivity index (χ4n) is 0.669. The SMILES string of the molecule is Cc1nnc(SCCC(C)N)s1. The van der Waals surface area contributed by atoms with Gasteiger partial charge in [-0.15, -0.1) is 10.2 Å². The molecular weight excluding hydrogens is 190 g/mol. The highest BCUT2D eigenvalue weighted by Crippen LogP contribution is 2.22. The molecule has 0 aliphatic carbocycles. The molecule has 0 aromatic carbocycles. The predicted octanol–water partition coefficient (Wildman–Crippen LogP) is 1.68. The average molecular weight is 203 g/mol. The van der Waals surface area contributed by atoms with Crippen LogP contribution < -0.4 is 5.73 Å². The Morgan fingerprint density at radius 2 is 2.33 bits per heavy atom. The molecule has 12 heavy (non-hydrogen) atoms. The average Bonchev–Trinajstić information content (AvgIpc) is 2.35. The summed E-state index contributed by atoms with van der Waals surface area (Å²) in [6.07, 6.45) is 1.03. The molecular formula is C7H13N3S2. The van der Waals surface area contributed by atoms with Crippen LogP contribution in [-0.2, 0) is 0 Å². The third-order valence-corrected chi connectivity index (χ3v) is 3.31. The molecule has 0 fully saturated rings. The van der Waals surface area contributed by atoms with E-state index in [2.05, 4.69) is 10.2 Å². The number of aryl methyl sites for hydroxylation is 1. The summed E-state index contributed by atoms with van der Waals surface area (Å²) >= 11 is 3.37. The van der Waals surface area contributed by atoms with Crippen molar-refractivity contribution in [3.05, 3.63) is 5.01 Å². The Bertz CT molecular complexity index is 234. The lowest BCUT2D eigenvalue weighted by atomic mass is 10.3. The third-order valence-electron chi connectivity index (χ3n) is 1.31. The molecule has 0 saturated heterocycles. The van der Waals surface area contributed by atoms with Crippen LogP contribution in [-0.4, -0.2) is 22.0 Å². The maximum absolute atomic E-state index is 5.62. The Hall–Kier alpha value is -0.130. The highest BCUT2D eigenvalue weighted by atomic mass is 32.2. The Morgan fingerprint density at radius 3 is 2.83 bits per heavy atom. The summed E-state index contributed by atoms with van der Waals surface area (Å²) in [5.74, 6) is 1.03. The maximum atomic E-state index is 5.62. The van der Waals surface area contributed by atoms with Crippen LogP contribution in [0.4, 0.5) is 0 Å². The van der Waals surface area contributed by atoms with E-state index in [-0.39, 0.29) is 6.04 Å². The van der Waals surface area contributed by atoms with Gasteiger partial charge < -0.3 is 5.73 Å².